The molecule has 0 saturated heterocycles. The van der Waals surface area contributed by atoms with Crippen LogP contribution in [-0.2, 0) is 13.0 Å². The Balaban J connectivity index is 1.83. The molecule has 3 rings (SSSR count). The zero-order chi connectivity index (χ0) is 20.3. The fourth-order valence-corrected chi connectivity index (χ4v) is 3.32. The summed E-state index contributed by atoms with van der Waals surface area (Å²) in [7, 11) is 1.64. The van der Waals surface area contributed by atoms with E-state index in [0.29, 0.717) is 30.5 Å². The topological polar surface area (TPSA) is 56.5 Å². The number of fused-ring (bicyclic) bond motifs is 1. The molecule has 28 heavy (non-hydrogen) atoms. The second-order valence-electron chi connectivity index (χ2n) is 7.05. The van der Waals surface area contributed by atoms with Gasteiger partial charge in [0, 0.05) is 0 Å². The molecular weight excluding hydrogens is 352 g/mol. The average Bonchev–Trinajstić information content (AvgIpc) is 3.01. The van der Waals surface area contributed by atoms with Gasteiger partial charge in [-0.15, -0.1) is 6.58 Å². The predicted octanol–water partition coefficient (Wildman–Crippen LogP) is 4.52. The lowest BCUT2D eigenvalue weighted by atomic mass is 10.1. The van der Waals surface area contributed by atoms with E-state index in [1.165, 1.54) is 11.1 Å². The smallest absolute Gasteiger partial charge is 0.161 e. The van der Waals surface area contributed by atoms with Crippen molar-refractivity contribution in [3.05, 3.63) is 65.5 Å². The first-order chi connectivity index (χ1) is 13.4. The number of aliphatic hydroxyl groups excluding tert-OH is 1. The lowest BCUT2D eigenvalue weighted by molar-refractivity contribution is 0.181. The first kappa shape index (κ1) is 20.0. The minimum atomic E-state index is -0.652. The third kappa shape index (κ3) is 4.04. The number of nitrogens with zero attached hydrogens (tertiary/aromatic N) is 2. The van der Waals surface area contributed by atoms with Gasteiger partial charge < -0.3 is 19.1 Å². The highest BCUT2D eigenvalue weighted by Gasteiger charge is 2.16. The van der Waals surface area contributed by atoms with E-state index in [-0.39, 0.29) is 0 Å². The molecule has 1 N–H and O–H groups in total. The molecule has 0 spiro atoms. The highest BCUT2D eigenvalue weighted by atomic mass is 16.5. The maximum absolute atomic E-state index is 10.2. The van der Waals surface area contributed by atoms with Crippen LogP contribution in [0.15, 0.2) is 43.0 Å². The Hall–Kier alpha value is -2.79. The van der Waals surface area contributed by atoms with Crippen LogP contribution in [0.5, 0.6) is 11.5 Å². The van der Waals surface area contributed by atoms with Crippen molar-refractivity contribution in [3.8, 4) is 11.5 Å². The molecule has 0 amide bonds. The Morgan fingerprint density at radius 2 is 1.93 bits per heavy atom. The highest BCUT2D eigenvalue weighted by Crippen LogP contribution is 2.29. The number of allylic oxidation sites excluding steroid dienone is 1. The van der Waals surface area contributed by atoms with E-state index < -0.39 is 6.10 Å². The van der Waals surface area contributed by atoms with E-state index in [1.54, 1.807) is 14.0 Å². The summed E-state index contributed by atoms with van der Waals surface area (Å²) >= 11 is 0. The molecule has 0 fully saturated rings. The molecule has 0 radical (unpaired) electrons. The molecule has 0 aliphatic carbocycles. The van der Waals surface area contributed by atoms with Gasteiger partial charge in [-0.2, -0.15) is 0 Å². The summed E-state index contributed by atoms with van der Waals surface area (Å²) in [6, 6.07) is 10.1. The molecule has 0 bridgehead atoms. The Labute approximate surface area is 166 Å². The third-order valence-corrected chi connectivity index (χ3v) is 4.95. The first-order valence-electron chi connectivity index (χ1n) is 9.50. The summed E-state index contributed by atoms with van der Waals surface area (Å²) in [4.78, 5) is 4.63. The van der Waals surface area contributed by atoms with Gasteiger partial charge in [-0.05, 0) is 68.1 Å². The summed E-state index contributed by atoms with van der Waals surface area (Å²) in [5.74, 6) is 2.05. The molecule has 0 aliphatic heterocycles. The molecule has 0 aliphatic rings. The minimum absolute atomic E-state index is 0.440. The van der Waals surface area contributed by atoms with Crippen LogP contribution in [0.4, 0.5) is 0 Å². The summed E-state index contributed by atoms with van der Waals surface area (Å²) in [5.41, 5.74) is 5.42. The number of aryl methyl sites for hydroxylation is 2. The number of rotatable bonds is 8. The molecule has 1 heterocycles. The molecule has 5 nitrogen and oxygen atoms in total. The van der Waals surface area contributed by atoms with Crippen molar-refractivity contribution in [2.24, 2.45) is 0 Å². The van der Waals surface area contributed by atoms with Crippen molar-refractivity contribution in [2.45, 2.75) is 39.8 Å². The second-order valence-corrected chi connectivity index (χ2v) is 7.05. The van der Waals surface area contributed by atoms with Gasteiger partial charge in [0.1, 0.15) is 18.5 Å². The normalized spacial score (nSPS) is 12.2. The zero-order valence-electron chi connectivity index (χ0n) is 17.0. The van der Waals surface area contributed by atoms with Gasteiger partial charge in [-0.1, -0.05) is 12.1 Å². The van der Waals surface area contributed by atoms with Crippen molar-refractivity contribution < 1.29 is 14.6 Å². The van der Waals surface area contributed by atoms with Crippen molar-refractivity contribution in [1.82, 2.24) is 9.55 Å². The number of imidazole rings is 1. The van der Waals surface area contributed by atoms with Crippen molar-refractivity contribution in [2.75, 3.05) is 13.7 Å². The third-order valence-electron chi connectivity index (χ3n) is 4.95. The van der Waals surface area contributed by atoms with Crippen LogP contribution >= 0.6 is 0 Å². The SMILES string of the molecule is C=CCc1ccc(OCCn2c(C(C)O)nc3cc(C)c(C)cc32)c(OC)c1. The van der Waals surface area contributed by atoms with Crippen LogP contribution in [-0.4, -0.2) is 28.4 Å². The number of benzene rings is 2. The summed E-state index contributed by atoms with van der Waals surface area (Å²) in [6.45, 7) is 10.7. The van der Waals surface area contributed by atoms with Crippen molar-refractivity contribution in [1.29, 1.82) is 0 Å². The molecule has 5 heteroatoms. The zero-order valence-corrected chi connectivity index (χ0v) is 17.0. The lowest BCUT2D eigenvalue weighted by Gasteiger charge is -2.14. The van der Waals surface area contributed by atoms with Gasteiger partial charge in [0.2, 0.25) is 0 Å². The summed E-state index contributed by atoms with van der Waals surface area (Å²) in [6.07, 6.45) is 2.00. The van der Waals surface area contributed by atoms with Crippen LogP contribution in [0, 0.1) is 13.8 Å². The number of aliphatic hydroxyl groups is 1. The standard InChI is InChI=1S/C23H28N2O3/c1-6-7-18-8-9-21(22(14-18)27-5)28-11-10-25-20-13-16(3)15(2)12-19(20)24-23(25)17(4)26/h6,8-9,12-14,17,26H,1,7,10-11H2,2-5H3. The van der Waals surface area contributed by atoms with Crippen molar-refractivity contribution in [3.63, 3.8) is 0 Å². The van der Waals surface area contributed by atoms with Crippen LogP contribution in [0.2, 0.25) is 0 Å². The lowest BCUT2D eigenvalue weighted by Crippen LogP contribution is -2.13. The Kier molecular flexibility index (Phi) is 6.05. The van der Waals surface area contributed by atoms with Gasteiger partial charge in [0.15, 0.2) is 11.5 Å². The van der Waals surface area contributed by atoms with Gasteiger partial charge in [-0.25, -0.2) is 4.98 Å². The van der Waals surface area contributed by atoms with E-state index in [1.807, 2.05) is 28.8 Å². The fraction of sp³-hybridized carbons (Fsp3) is 0.348. The first-order valence-corrected chi connectivity index (χ1v) is 9.50. The van der Waals surface area contributed by atoms with Crippen LogP contribution in [0.3, 0.4) is 0 Å². The maximum Gasteiger partial charge on any atom is 0.161 e. The maximum atomic E-state index is 10.2. The minimum Gasteiger partial charge on any atom is -0.493 e. The monoisotopic (exact) mass is 380 g/mol. The quantitative estimate of drug-likeness (QED) is 0.584. The number of ether oxygens (including phenoxy) is 2. The molecule has 2 aromatic carbocycles. The summed E-state index contributed by atoms with van der Waals surface area (Å²) < 4.78 is 13.5. The summed E-state index contributed by atoms with van der Waals surface area (Å²) in [5, 5.41) is 10.2. The Bertz CT molecular complexity index is 989. The number of aromatic nitrogens is 2. The van der Waals surface area contributed by atoms with Gasteiger partial charge in [-0.3, -0.25) is 0 Å². The average molecular weight is 380 g/mol. The van der Waals surface area contributed by atoms with Crippen LogP contribution < -0.4 is 9.47 Å². The Morgan fingerprint density at radius 1 is 1.18 bits per heavy atom. The van der Waals surface area contributed by atoms with E-state index in [9.17, 15) is 5.11 Å². The highest BCUT2D eigenvalue weighted by molar-refractivity contribution is 5.78. The number of methoxy groups -OCH3 is 1. The van der Waals surface area contributed by atoms with E-state index in [0.717, 1.165) is 23.0 Å². The van der Waals surface area contributed by atoms with Gasteiger partial charge in [0.05, 0.1) is 24.7 Å². The van der Waals surface area contributed by atoms with Crippen molar-refractivity contribution >= 4 is 11.0 Å². The largest absolute Gasteiger partial charge is 0.493 e. The van der Waals surface area contributed by atoms with E-state index in [4.69, 9.17) is 9.47 Å². The molecule has 1 atom stereocenters. The van der Waals surface area contributed by atoms with Gasteiger partial charge in [0.25, 0.3) is 0 Å². The fourth-order valence-electron chi connectivity index (χ4n) is 3.32. The Morgan fingerprint density at radius 3 is 2.61 bits per heavy atom. The van der Waals surface area contributed by atoms with Gasteiger partial charge >= 0.3 is 0 Å². The van der Waals surface area contributed by atoms with Crippen LogP contribution in [0.25, 0.3) is 11.0 Å². The second kappa shape index (κ2) is 8.48. The molecule has 0 saturated carbocycles. The van der Waals surface area contributed by atoms with E-state index in [2.05, 4.69) is 37.5 Å². The van der Waals surface area contributed by atoms with Crippen LogP contribution in [0.1, 0.15) is 35.5 Å². The number of hydrogen-bond donors (Lipinski definition) is 1. The predicted molar refractivity (Wildman–Crippen MR) is 112 cm³/mol. The number of hydrogen-bond acceptors (Lipinski definition) is 4. The molecular formula is C23H28N2O3. The molecule has 1 unspecified atom stereocenters. The van der Waals surface area contributed by atoms with E-state index >= 15 is 0 Å². The molecule has 148 valence electrons. The molecule has 1 aromatic heterocycles. The molecule has 3 aromatic rings.